The predicted molar refractivity (Wildman–Crippen MR) is 76.5 cm³/mol. The monoisotopic (exact) mass is 272 g/mol. The molecule has 0 radical (unpaired) electrons. The average molecular weight is 272 g/mol. The van der Waals surface area contributed by atoms with Crippen molar-refractivity contribution in [2.45, 2.75) is 52.9 Å². The molecule has 2 aliphatic heterocycles. The Morgan fingerprint density at radius 1 is 0.850 bits per heavy atom. The number of carbonyl (C=O) groups is 2. The maximum atomic E-state index is 12.4. The minimum Gasteiger partial charge on any atom is -0.292 e. The number of carbonyl (C=O) groups excluding carboxylic acids is 2. The summed E-state index contributed by atoms with van der Waals surface area (Å²) < 4.78 is 0. The van der Waals surface area contributed by atoms with E-state index in [0.717, 1.165) is 13.1 Å². The fraction of sp³-hybridized carbons (Fsp3) is 0.500. The van der Waals surface area contributed by atoms with E-state index >= 15 is 0 Å². The molecule has 3 rings (SSSR count). The summed E-state index contributed by atoms with van der Waals surface area (Å²) in [6.45, 7) is 9.80. The van der Waals surface area contributed by atoms with Crippen LogP contribution >= 0.6 is 0 Å². The summed E-state index contributed by atoms with van der Waals surface area (Å²) in [5.41, 5.74) is 3.52. The van der Waals surface area contributed by atoms with Crippen LogP contribution in [0.1, 0.15) is 59.5 Å². The quantitative estimate of drug-likeness (QED) is 0.776. The lowest BCUT2D eigenvalue weighted by atomic mass is 10.0. The molecule has 0 fully saturated rings. The van der Waals surface area contributed by atoms with Crippen LogP contribution in [0.4, 0.5) is 0 Å². The molecule has 20 heavy (non-hydrogen) atoms. The molecule has 1 aromatic carbocycles. The third-order valence-electron chi connectivity index (χ3n) is 4.23. The molecule has 2 amide bonds. The first kappa shape index (κ1) is 13.3. The lowest BCUT2D eigenvalue weighted by molar-refractivity contribution is 0.0609. The normalized spacial score (nSPS) is 18.4. The van der Waals surface area contributed by atoms with Crippen molar-refractivity contribution in [3.63, 3.8) is 0 Å². The number of amides is 2. The van der Waals surface area contributed by atoms with Gasteiger partial charge in [-0.1, -0.05) is 0 Å². The van der Waals surface area contributed by atoms with Gasteiger partial charge in [0.25, 0.3) is 11.8 Å². The highest BCUT2D eigenvalue weighted by molar-refractivity contribution is 6.21. The summed E-state index contributed by atoms with van der Waals surface area (Å²) in [6.07, 6.45) is 0. The van der Waals surface area contributed by atoms with Crippen molar-refractivity contribution in [2.75, 3.05) is 0 Å². The Labute approximate surface area is 119 Å². The summed E-state index contributed by atoms with van der Waals surface area (Å²) >= 11 is 0. The Kier molecular flexibility index (Phi) is 2.94. The first-order valence-corrected chi connectivity index (χ1v) is 7.18. The van der Waals surface area contributed by atoms with Crippen molar-refractivity contribution in [2.24, 2.45) is 0 Å². The van der Waals surface area contributed by atoms with E-state index in [1.54, 1.807) is 0 Å². The number of hydrogen-bond donors (Lipinski definition) is 0. The van der Waals surface area contributed by atoms with Gasteiger partial charge in [-0.25, -0.2) is 0 Å². The van der Waals surface area contributed by atoms with Gasteiger partial charge in [0.15, 0.2) is 0 Å². The highest BCUT2D eigenvalue weighted by Crippen LogP contribution is 2.32. The van der Waals surface area contributed by atoms with Crippen LogP contribution in [0, 0.1) is 0 Å². The summed E-state index contributed by atoms with van der Waals surface area (Å²) in [7, 11) is 0. The maximum absolute atomic E-state index is 12.4. The van der Waals surface area contributed by atoms with Gasteiger partial charge in [-0.05, 0) is 51.0 Å². The van der Waals surface area contributed by atoms with Crippen molar-refractivity contribution in [1.82, 2.24) is 9.80 Å². The van der Waals surface area contributed by atoms with Gasteiger partial charge in [0.1, 0.15) is 0 Å². The zero-order valence-electron chi connectivity index (χ0n) is 12.4. The molecule has 0 bridgehead atoms. The SMILES string of the molecule is CC(C)N1Cc2cc3c(cc2C1)C(=O)N(C(C)C)C3=O. The summed E-state index contributed by atoms with van der Waals surface area (Å²) in [5.74, 6) is -0.295. The number of rotatable bonds is 2. The number of hydrogen-bond acceptors (Lipinski definition) is 3. The fourth-order valence-corrected chi connectivity index (χ4v) is 3.02. The second kappa shape index (κ2) is 4.42. The van der Waals surface area contributed by atoms with Gasteiger partial charge in [0.2, 0.25) is 0 Å². The Morgan fingerprint density at radius 3 is 1.65 bits per heavy atom. The zero-order chi connectivity index (χ0) is 14.6. The van der Waals surface area contributed by atoms with Crippen LogP contribution in [-0.4, -0.2) is 33.7 Å². The summed E-state index contributed by atoms with van der Waals surface area (Å²) in [5, 5.41) is 0. The highest BCUT2D eigenvalue weighted by atomic mass is 16.2. The molecule has 106 valence electrons. The van der Waals surface area contributed by atoms with Crippen LogP contribution in [0.25, 0.3) is 0 Å². The molecule has 0 aromatic heterocycles. The largest absolute Gasteiger partial charge is 0.292 e. The number of imide groups is 1. The van der Waals surface area contributed by atoms with Gasteiger partial charge < -0.3 is 0 Å². The summed E-state index contributed by atoms with van der Waals surface area (Å²) in [4.78, 5) is 28.4. The molecule has 0 saturated carbocycles. The van der Waals surface area contributed by atoms with Gasteiger partial charge in [-0.3, -0.25) is 19.4 Å². The van der Waals surface area contributed by atoms with E-state index in [2.05, 4.69) is 18.7 Å². The second-order valence-electron chi connectivity index (χ2n) is 6.24. The molecule has 0 atom stereocenters. The minimum absolute atomic E-state index is 0.0931. The molecule has 0 saturated heterocycles. The number of nitrogens with zero attached hydrogens (tertiary/aromatic N) is 2. The molecule has 2 aliphatic rings. The van der Waals surface area contributed by atoms with E-state index in [1.807, 2.05) is 26.0 Å². The minimum atomic E-state index is -0.147. The van der Waals surface area contributed by atoms with Crippen LogP contribution in [0.5, 0.6) is 0 Å². The topological polar surface area (TPSA) is 40.6 Å². The Bertz CT molecular complexity index is 560. The van der Waals surface area contributed by atoms with E-state index in [-0.39, 0.29) is 17.9 Å². The van der Waals surface area contributed by atoms with Gasteiger partial charge in [0.05, 0.1) is 11.1 Å². The molecule has 1 aromatic rings. The Balaban J connectivity index is 2.01. The molecule has 0 unspecified atom stereocenters. The van der Waals surface area contributed by atoms with Gasteiger partial charge in [-0.2, -0.15) is 0 Å². The van der Waals surface area contributed by atoms with E-state index in [0.29, 0.717) is 17.2 Å². The van der Waals surface area contributed by atoms with Crippen LogP contribution in [-0.2, 0) is 13.1 Å². The second-order valence-corrected chi connectivity index (χ2v) is 6.24. The van der Waals surface area contributed by atoms with Crippen molar-refractivity contribution in [3.05, 3.63) is 34.4 Å². The van der Waals surface area contributed by atoms with E-state index in [1.165, 1.54) is 16.0 Å². The number of fused-ring (bicyclic) bond motifs is 2. The predicted octanol–water partition coefficient (Wildman–Crippen LogP) is 2.42. The third-order valence-corrected chi connectivity index (χ3v) is 4.23. The van der Waals surface area contributed by atoms with Crippen molar-refractivity contribution in [1.29, 1.82) is 0 Å². The lowest BCUT2D eigenvalue weighted by Gasteiger charge is -2.19. The lowest BCUT2D eigenvalue weighted by Crippen LogP contribution is -2.35. The number of benzene rings is 1. The molecular weight excluding hydrogens is 252 g/mol. The summed E-state index contributed by atoms with van der Waals surface area (Å²) in [6, 6.07) is 4.23. The van der Waals surface area contributed by atoms with Crippen LogP contribution in [0.3, 0.4) is 0 Å². The van der Waals surface area contributed by atoms with Crippen LogP contribution in [0.15, 0.2) is 12.1 Å². The van der Waals surface area contributed by atoms with Crippen molar-refractivity contribution < 1.29 is 9.59 Å². The molecule has 4 heteroatoms. The molecule has 0 N–H and O–H groups in total. The van der Waals surface area contributed by atoms with Crippen molar-refractivity contribution in [3.8, 4) is 0 Å². The first-order valence-electron chi connectivity index (χ1n) is 7.18. The molecule has 2 heterocycles. The average Bonchev–Trinajstić information content (AvgIpc) is 2.88. The van der Waals surface area contributed by atoms with Crippen LogP contribution < -0.4 is 0 Å². The first-order chi connectivity index (χ1) is 9.40. The van der Waals surface area contributed by atoms with Crippen molar-refractivity contribution >= 4 is 11.8 Å². The maximum Gasteiger partial charge on any atom is 0.261 e. The standard InChI is InChI=1S/C16H20N2O2/c1-9(2)17-7-11-5-13-14(6-12(11)8-17)16(20)18(10(3)4)15(13)19/h5-6,9-10H,7-8H2,1-4H3. The van der Waals surface area contributed by atoms with Gasteiger partial charge in [0, 0.05) is 25.2 Å². The smallest absolute Gasteiger partial charge is 0.261 e. The highest BCUT2D eigenvalue weighted by Gasteiger charge is 2.38. The Morgan fingerprint density at radius 2 is 1.30 bits per heavy atom. The fourth-order valence-electron chi connectivity index (χ4n) is 3.02. The molecule has 4 nitrogen and oxygen atoms in total. The molecule has 0 spiro atoms. The third kappa shape index (κ3) is 1.79. The van der Waals surface area contributed by atoms with Crippen LogP contribution in [0.2, 0.25) is 0 Å². The van der Waals surface area contributed by atoms with E-state index < -0.39 is 0 Å². The Hall–Kier alpha value is -1.68. The van der Waals surface area contributed by atoms with Gasteiger partial charge in [-0.15, -0.1) is 0 Å². The zero-order valence-corrected chi connectivity index (χ0v) is 12.4. The van der Waals surface area contributed by atoms with Gasteiger partial charge >= 0.3 is 0 Å². The van der Waals surface area contributed by atoms with E-state index in [9.17, 15) is 9.59 Å². The van der Waals surface area contributed by atoms with E-state index in [4.69, 9.17) is 0 Å². The molecular formula is C16H20N2O2. The molecule has 0 aliphatic carbocycles.